The van der Waals surface area contributed by atoms with Gasteiger partial charge in [-0.2, -0.15) is 9.98 Å². The average Bonchev–Trinajstić information content (AvgIpc) is 2.79. The minimum Gasteiger partial charge on any atom is -0.481 e. The van der Waals surface area contributed by atoms with Gasteiger partial charge >= 0.3 is 11.9 Å². The van der Waals surface area contributed by atoms with Crippen molar-refractivity contribution in [3.8, 4) is 0 Å². The third kappa shape index (κ3) is 26.7. The van der Waals surface area contributed by atoms with Gasteiger partial charge in [-0.15, -0.1) is 0 Å². The molecule has 0 bridgehead atoms. The predicted molar refractivity (Wildman–Crippen MR) is 118 cm³/mol. The van der Waals surface area contributed by atoms with Gasteiger partial charge in [-0.05, 0) is 44.7 Å². The van der Waals surface area contributed by atoms with E-state index < -0.39 is 11.9 Å². The quantitative estimate of drug-likeness (QED) is 0.154. The first-order chi connectivity index (χ1) is 15.7. The van der Waals surface area contributed by atoms with Crippen molar-refractivity contribution in [2.75, 3.05) is 26.4 Å². The summed E-state index contributed by atoms with van der Waals surface area (Å²) in [5.41, 5.74) is 1.59. The Kier molecular flexibility index (Phi) is 27.9. The van der Waals surface area contributed by atoms with Gasteiger partial charge in [0.1, 0.15) is 0 Å². The zero-order valence-corrected chi connectivity index (χ0v) is 18.5. The monoisotopic (exact) mass is 472 g/mol. The molecular formula is C21H32N2O10. The van der Waals surface area contributed by atoms with E-state index in [1.165, 1.54) is 12.2 Å². The van der Waals surface area contributed by atoms with E-state index in [0.717, 1.165) is 12.8 Å². The highest BCUT2D eigenvalue weighted by Gasteiger charge is 2.01. The van der Waals surface area contributed by atoms with E-state index in [-0.39, 0.29) is 39.3 Å². The Bertz CT molecular complexity index is 684. The maximum Gasteiger partial charge on any atom is 0.303 e. The second kappa shape index (κ2) is 26.8. The van der Waals surface area contributed by atoms with Crippen LogP contribution < -0.4 is 0 Å². The van der Waals surface area contributed by atoms with Crippen LogP contribution in [-0.4, -0.2) is 81.2 Å². The molecule has 0 atom stereocenters. The number of aliphatic carboxylic acids is 2. The number of isocyanates is 2. The second-order valence-electron chi connectivity index (χ2n) is 5.92. The van der Waals surface area contributed by atoms with Gasteiger partial charge < -0.3 is 30.6 Å². The molecule has 0 amide bonds. The van der Waals surface area contributed by atoms with Crippen LogP contribution >= 0.6 is 0 Å². The van der Waals surface area contributed by atoms with Crippen LogP contribution in [0.15, 0.2) is 28.2 Å². The second-order valence-corrected chi connectivity index (χ2v) is 5.92. The lowest BCUT2D eigenvalue weighted by Crippen LogP contribution is -1.97. The van der Waals surface area contributed by atoms with E-state index in [4.69, 9.17) is 30.6 Å². The molecule has 0 spiro atoms. The fraction of sp³-hybridized carbons (Fsp3) is 0.524. The van der Waals surface area contributed by atoms with Crippen molar-refractivity contribution in [1.82, 2.24) is 0 Å². The van der Waals surface area contributed by atoms with Gasteiger partial charge in [-0.1, -0.05) is 6.07 Å². The van der Waals surface area contributed by atoms with Crippen LogP contribution in [-0.2, 0) is 19.2 Å². The largest absolute Gasteiger partial charge is 0.481 e. The van der Waals surface area contributed by atoms with Crippen LogP contribution in [0.4, 0.5) is 11.4 Å². The van der Waals surface area contributed by atoms with Crippen LogP contribution in [0.5, 0.6) is 0 Å². The Morgan fingerprint density at radius 2 is 1.09 bits per heavy atom. The number of carboxylic acids is 2. The van der Waals surface area contributed by atoms with Crippen molar-refractivity contribution in [3.05, 3.63) is 23.8 Å². The normalized spacial score (nSPS) is 8.64. The molecule has 12 heteroatoms. The molecule has 1 aromatic carbocycles. The summed E-state index contributed by atoms with van der Waals surface area (Å²) in [6.45, 7) is 1.85. The van der Waals surface area contributed by atoms with Crippen LogP contribution in [0, 0.1) is 6.92 Å². The Balaban J connectivity index is -0.000000399. The number of nitrogens with zero attached hydrogens (tertiary/aromatic N) is 2. The Morgan fingerprint density at radius 1 is 0.727 bits per heavy atom. The Labute approximate surface area is 191 Å². The Morgan fingerprint density at radius 3 is 1.33 bits per heavy atom. The smallest absolute Gasteiger partial charge is 0.303 e. The average molecular weight is 472 g/mol. The molecule has 0 aromatic heterocycles. The summed E-state index contributed by atoms with van der Waals surface area (Å²) in [5, 5.41) is 47.7. The number of hydrogen-bond donors (Lipinski definition) is 6. The van der Waals surface area contributed by atoms with Gasteiger partial charge in [-0.3, -0.25) is 9.59 Å². The van der Waals surface area contributed by atoms with Gasteiger partial charge in [0.05, 0.1) is 24.6 Å². The number of aliphatic hydroxyl groups is 4. The summed E-state index contributed by atoms with van der Waals surface area (Å²) >= 11 is 0. The van der Waals surface area contributed by atoms with Crippen molar-refractivity contribution < 1.29 is 49.8 Å². The first kappa shape index (κ1) is 34.4. The molecule has 1 aromatic rings. The van der Waals surface area contributed by atoms with E-state index in [0.29, 0.717) is 29.8 Å². The van der Waals surface area contributed by atoms with Crippen molar-refractivity contribution in [1.29, 1.82) is 0 Å². The molecule has 33 heavy (non-hydrogen) atoms. The summed E-state index contributed by atoms with van der Waals surface area (Å²) in [4.78, 5) is 46.7. The first-order valence-corrected chi connectivity index (χ1v) is 9.87. The highest BCUT2D eigenvalue weighted by molar-refractivity contribution is 5.68. The van der Waals surface area contributed by atoms with E-state index in [2.05, 4.69) is 9.98 Å². The summed E-state index contributed by atoms with van der Waals surface area (Å²) in [6.07, 6.45) is 5.31. The molecule has 0 radical (unpaired) electrons. The minimum atomic E-state index is -0.870. The lowest BCUT2D eigenvalue weighted by Gasteiger charge is -1.99. The lowest BCUT2D eigenvalue weighted by molar-refractivity contribution is -0.139. The molecule has 12 nitrogen and oxygen atoms in total. The third-order valence-corrected chi connectivity index (χ3v) is 3.31. The zero-order valence-electron chi connectivity index (χ0n) is 18.5. The van der Waals surface area contributed by atoms with Gasteiger partial charge in [0.15, 0.2) is 0 Å². The van der Waals surface area contributed by atoms with Crippen LogP contribution in [0.25, 0.3) is 0 Å². The summed E-state index contributed by atoms with van der Waals surface area (Å²) in [6, 6.07) is 4.94. The van der Waals surface area contributed by atoms with Crippen LogP contribution in [0.1, 0.15) is 44.1 Å². The molecule has 0 saturated carbocycles. The number of rotatable bonds is 11. The number of unbranched alkanes of at least 4 members (excludes halogenated alkanes) is 2. The molecular weight excluding hydrogens is 440 g/mol. The minimum absolute atomic E-state index is 0.0628. The molecule has 1 rings (SSSR count). The molecule has 0 aliphatic carbocycles. The predicted octanol–water partition coefficient (Wildman–Crippen LogP) is 1.37. The topological polar surface area (TPSA) is 214 Å². The molecule has 0 fully saturated rings. The molecule has 0 aliphatic heterocycles. The molecule has 0 unspecified atom stereocenters. The van der Waals surface area contributed by atoms with E-state index in [9.17, 15) is 19.2 Å². The summed E-state index contributed by atoms with van der Waals surface area (Å²) in [7, 11) is 0. The maximum atomic E-state index is 10.00. The zero-order chi connectivity index (χ0) is 25.9. The number of carboxylic acid groups (broad SMARTS) is 2. The molecule has 186 valence electrons. The lowest BCUT2D eigenvalue weighted by atomic mass is 10.1. The van der Waals surface area contributed by atoms with Gasteiger partial charge in [0.2, 0.25) is 12.2 Å². The Hall–Kier alpha value is -3.24. The highest BCUT2D eigenvalue weighted by atomic mass is 16.4. The number of benzene rings is 1. The van der Waals surface area contributed by atoms with Crippen molar-refractivity contribution in [3.63, 3.8) is 0 Å². The van der Waals surface area contributed by atoms with Gasteiger partial charge in [0, 0.05) is 31.6 Å². The molecule has 0 heterocycles. The van der Waals surface area contributed by atoms with Gasteiger partial charge in [-0.25, -0.2) is 9.59 Å². The van der Waals surface area contributed by atoms with Crippen molar-refractivity contribution in [2.45, 2.75) is 45.4 Å². The number of hydrogen-bond acceptors (Lipinski definition) is 10. The summed E-state index contributed by atoms with van der Waals surface area (Å²) in [5.74, 6) is -1.74. The molecule has 6 N–H and O–H groups in total. The fourth-order valence-corrected chi connectivity index (χ4v) is 1.73. The van der Waals surface area contributed by atoms with Crippen molar-refractivity contribution >= 4 is 35.5 Å². The standard InChI is InChI=1S/C9H6N2O2.C6H10O4.C4H10O2.C2H6O2/c1-7-8(10-5-12)3-2-4-9(7)11-6-13;7-5(8)3-1-2-4-6(9)10;5-3-1-2-4-6;3-1-2-4/h2-4H,1H3;1-4H2,(H,7,8)(H,9,10);5-6H,1-4H2;3-4H,1-2H2. The summed E-state index contributed by atoms with van der Waals surface area (Å²) < 4.78 is 0. The van der Waals surface area contributed by atoms with E-state index >= 15 is 0 Å². The van der Waals surface area contributed by atoms with Crippen molar-refractivity contribution in [2.24, 2.45) is 9.98 Å². The van der Waals surface area contributed by atoms with E-state index in [1.807, 2.05) is 0 Å². The fourth-order valence-electron chi connectivity index (χ4n) is 1.73. The van der Waals surface area contributed by atoms with Crippen LogP contribution in [0.3, 0.4) is 0 Å². The number of aliphatic imine (C=N–C) groups is 2. The first-order valence-electron chi connectivity index (χ1n) is 9.87. The molecule has 0 saturated heterocycles. The number of carbonyl (C=O) groups is 2. The van der Waals surface area contributed by atoms with Gasteiger partial charge in [0.25, 0.3) is 0 Å². The highest BCUT2D eigenvalue weighted by Crippen LogP contribution is 2.26. The van der Waals surface area contributed by atoms with Crippen LogP contribution in [0.2, 0.25) is 0 Å². The van der Waals surface area contributed by atoms with E-state index in [1.54, 1.807) is 25.1 Å². The third-order valence-electron chi connectivity index (χ3n) is 3.31. The molecule has 0 aliphatic rings. The number of carbonyl (C=O) groups excluding carboxylic acids is 2. The SMILES string of the molecule is Cc1c(N=C=O)cccc1N=C=O.O=C(O)CCCCC(=O)O.OCCCCO.OCCO. The number of aliphatic hydroxyl groups excluding tert-OH is 4. The maximum absolute atomic E-state index is 10.00.